The maximum atomic E-state index is 13.0. The van der Waals surface area contributed by atoms with E-state index in [1.165, 1.54) is 51.4 Å². The number of aliphatic hydroxyl groups is 2. The molecule has 574 valence electrons. The number of rotatable bonds is 71. The first-order chi connectivity index (χ1) is 49.2. The van der Waals surface area contributed by atoms with Crippen LogP contribution in [0.25, 0.3) is 0 Å². The molecule has 18 heteroatoms. The van der Waals surface area contributed by atoms with Crippen molar-refractivity contribution in [2.45, 2.75) is 296 Å². The summed E-state index contributed by atoms with van der Waals surface area (Å²) in [5.74, 6) is -1.71. The van der Waals surface area contributed by atoms with E-state index in [9.17, 15) is 43.5 Å². The number of hydrogen-bond acceptors (Lipinski definition) is 14. The zero-order valence-electron chi connectivity index (χ0n) is 62.5. The average molecular weight is 1450 g/mol. The SMILES string of the molecule is CC/C=C\C/C=C\C/C=C\C/C=C\C/C=C\C/C=C\CCC(=O)OC(COC(=O)CCCCCCCCC/C=C\C/C=C\C/C=C\C/C=C\CCCCC)COP(=O)(O)OCC(O)COP(=O)(O)OCC(O)COC(=O)CCCCCCCCC/C=C\C/C=C\C/C=C\C/C=C\CCCCC. The molecule has 0 amide bonds. The van der Waals surface area contributed by atoms with Gasteiger partial charge in [0.25, 0.3) is 0 Å². The average Bonchev–Trinajstić information content (AvgIpc) is 0.941. The predicted molar refractivity (Wildman–Crippen MR) is 417 cm³/mol. The van der Waals surface area contributed by atoms with Crippen LogP contribution in [0, 0.1) is 0 Å². The number of carbonyl (C=O) groups is 3. The second kappa shape index (κ2) is 74.6. The van der Waals surface area contributed by atoms with Crippen LogP contribution < -0.4 is 0 Å². The van der Waals surface area contributed by atoms with Crippen molar-refractivity contribution in [3.63, 3.8) is 0 Å². The molecule has 0 fully saturated rings. The van der Waals surface area contributed by atoms with Gasteiger partial charge in [0.1, 0.15) is 25.4 Å². The fraction of sp³-hybridized carbons (Fsp3) is 0.627. The zero-order valence-corrected chi connectivity index (χ0v) is 64.3. The highest BCUT2D eigenvalue weighted by molar-refractivity contribution is 7.47. The minimum absolute atomic E-state index is 0.0301. The topological polar surface area (TPSA) is 231 Å². The fourth-order valence-corrected chi connectivity index (χ4v) is 11.1. The molecule has 16 nitrogen and oxygen atoms in total. The summed E-state index contributed by atoms with van der Waals surface area (Å²) < 4.78 is 61.0. The zero-order chi connectivity index (χ0) is 73.7. The Bertz CT molecular complexity index is 2520. The molecule has 0 spiro atoms. The first-order valence-corrected chi connectivity index (χ1v) is 41.4. The number of carbonyl (C=O) groups excluding carboxylic acids is 3. The van der Waals surface area contributed by atoms with Gasteiger partial charge in [-0.1, -0.05) is 281 Å². The minimum atomic E-state index is -4.96. The van der Waals surface area contributed by atoms with Crippen LogP contribution in [0.5, 0.6) is 0 Å². The van der Waals surface area contributed by atoms with Gasteiger partial charge in [-0.3, -0.25) is 32.5 Å². The summed E-state index contributed by atoms with van der Waals surface area (Å²) in [6.45, 7) is 2.38. The summed E-state index contributed by atoms with van der Waals surface area (Å²) in [6, 6.07) is 0. The molecule has 0 heterocycles. The van der Waals surface area contributed by atoms with Crippen LogP contribution in [-0.2, 0) is 55.8 Å². The standard InChI is InChI=1S/C83H136O16P2/c1-4-7-10-13-16-19-22-25-28-31-34-36-38-40-43-45-48-51-54-57-60-63-66-69-81(86)93-72-78(84)73-95-100(89,90)96-74-79(85)75-97-101(91,92)98-77-80(99-83(88)71-68-65-62-59-56-53-50-47-42-33-30-27-24-21-18-15-12-9-6-3)76-94-82(87)70-67-64-61-58-55-52-49-46-44-41-39-37-35-32-29-26-23-20-17-14-11-8-5-2/h9,12,16-21,25-30,34-37,40-44,47,53,56,62,65,78-80,84-85H,4-8,10-11,13-15,22-24,31-33,38-39,45-46,48-52,54-55,57-61,63-64,66-77H2,1-3H3,(H,89,90)(H,91,92)/b12-9-,19-16-,20-17-,21-18-,28-25-,29-26-,30-27-,36-34-,37-35-,43-40-,44-41-,47-42-,56-53-,65-62-. The van der Waals surface area contributed by atoms with Crippen molar-refractivity contribution in [1.29, 1.82) is 0 Å². The van der Waals surface area contributed by atoms with Gasteiger partial charge in [-0.2, -0.15) is 0 Å². The number of esters is 3. The molecule has 0 aromatic rings. The van der Waals surface area contributed by atoms with Gasteiger partial charge in [0, 0.05) is 19.3 Å². The van der Waals surface area contributed by atoms with E-state index in [0.717, 1.165) is 161 Å². The molecule has 0 aliphatic carbocycles. The highest BCUT2D eigenvalue weighted by Crippen LogP contribution is 2.45. The highest BCUT2D eigenvalue weighted by atomic mass is 31.2. The maximum Gasteiger partial charge on any atom is 0.472 e. The number of ether oxygens (including phenoxy) is 3. The molecule has 101 heavy (non-hydrogen) atoms. The summed E-state index contributed by atoms with van der Waals surface area (Å²) in [5.41, 5.74) is 0. The van der Waals surface area contributed by atoms with Gasteiger partial charge in [0.15, 0.2) is 6.10 Å². The van der Waals surface area contributed by atoms with Crippen LogP contribution in [0.15, 0.2) is 170 Å². The first-order valence-electron chi connectivity index (χ1n) is 38.4. The van der Waals surface area contributed by atoms with E-state index in [2.05, 4.69) is 173 Å². The molecule has 5 unspecified atom stereocenters. The molecule has 0 saturated heterocycles. The van der Waals surface area contributed by atoms with Crippen LogP contribution in [0.3, 0.4) is 0 Å². The van der Waals surface area contributed by atoms with Crippen molar-refractivity contribution >= 4 is 33.6 Å². The van der Waals surface area contributed by atoms with Gasteiger partial charge in [0.2, 0.25) is 0 Å². The lowest BCUT2D eigenvalue weighted by atomic mass is 10.1. The summed E-state index contributed by atoms with van der Waals surface area (Å²) in [7, 11) is -9.84. The Hall–Kier alpha value is -5.09. The minimum Gasteiger partial charge on any atom is -0.463 e. The van der Waals surface area contributed by atoms with Crippen molar-refractivity contribution in [2.75, 3.05) is 39.6 Å². The van der Waals surface area contributed by atoms with E-state index in [-0.39, 0.29) is 19.3 Å². The molecule has 0 radical (unpaired) electrons. The lowest BCUT2D eigenvalue weighted by Gasteiger charge is -2.21. The molecule has 5 atom stereocenters. The first kappa shape index (κ1) is 95.9. The van der Waals surface area contributed by atoms with E-state index in [1.54, 1.807) is 0 Å². The van der Waals surface area contributed by atoms with E-state index in [4.69, 9.17) is 32.3 Å². The number of phosphoric ester groups is 2. The number of phosphoric acid groups is 2. The van der Waals surface area contributed by atoms with Gasteiger partial charge in [0.05, 0.1) is 26.4 Å². The Morgan fingerprint density at radius 3 is 0.871 bits per heavy atom. The Morgan fingerprint density at radius 1 is 0.287 bits per heavy atom. The molecule has 0 aliphatic heterocycles. The monoisotopic (exact) mass is 1450 g/mol. The molecule has 0 aliphatic rings. The normalized spacial score (nSPS) is 15.0. The molecule has 0 aromatic carbocycles. The van der Waals surface area contributed by atoms with Gasteiger partial charge < -0.3 is 34.2 Å². The largest absolute Gasteiger partial charge is 0.472 e. The fourth-order valence-electron chi connectivity index (χ4n) is 9.56. The maximum absolute atomic E-state index is 13.0. The number of unbranched alkanes of at least 4 members (excludes halogenated alkanes) is 20. The smallest absolute Gasteiger partial charge is 0.463 e. The van der Waals surface area contributed by atoms with Crippen molar-refractivity contribution in [3.8, 4) is 0 Å². The predicted octanol–water partition coefficient (Wildman–Crippen LogP) is 22.4. The molecule has 0 saturated carbocycles. The number of allylic oxidation sites excluding steroid dienone is 28. The Morgan fingerprint density at radius 2 is 0.545 bits per heavy atom. The van der Waals surface area contributed by atoms with Crippen molar-refractivity contribution in [3.05, 3.63) is 170 Å². The Kier molecular flexibility index (Phi) is 70.9. The summed E-state index contributed by atoms with van der Waals surface area (Å²) in [5, 5.41) is 20.6. The summed E-state index contributed by atoms with van der Waals surface area (Å²) in [6.07, 6.45) is 94.0. The van der Waals surface area contributed by atoms with Crippen molar-refractivity contribution in [1.82, 2.24) is 0 Å². The highest BCUT2D eigenvalue weighted by Gasteiger charge is 2.29. The molecular formula is C83H136O16P2. The molecule has 0 rings (SSSR count). The van der Waals surface area contributed by atoms with E-state index < -0.39 is 91.5 Å². The third kappa shape index (κ3) is 75.9. The van der Waals surface area contributed by atoms with Crippen LogP contribution >= 0.6 is 15.6 Å². The van der Waals surface area contributed by atoms with Crippen LogP contribution in [-0.4, -0.2) is 95.9 Å². The lowest BCUT2D eigenvalue weighted by Crippen LogP contribution is -2.29. The van der Waals surface area contributed by atoms with Crippen molar-refractivity contribution in [2.24, 2.45) is 0 Å². The van der Waals surface area contributed by atoms with Gasteiger partial charge in [-0.25, -0.2) is 9.13 Å². The van der Waals surface area contributed by atoms with Crippen LogP contribution in [0.4, 0.5) is 0 Å². The Labute approximate surface area is 612 Å². The third-order valence-electron chi connectivity index (χ3n) is 15.4. The van der Waals surface area contributed by atoms with Gasteiger partial charge in [-0.05, 0) is 148 Å². The van der Waals surface area contributed by atoms with Crippen LogP contribution in [0.2, 0.25) is 0 Å². The van der Waals surface area contributed by atoms with E-state index in [1.807, 2.05) is 18.2 Å². The van der Waals surface area contributed by atoms with E-state index in [0.29, 0.717) is 25.7 Å². The third-order valence-corrected chi connectivity index (χ3v) is 17.3. The Balaban J connectivity index is 4.78. The van der Waals surface area contributed by atoms with Gasteiger partial charge in [-0.15, -0.1) is 0 Å². The van der Waals surface area contributed by atoms with Gasteiger partial charge >= 0.3 is 33.6 Å². The molecule has 4 N–H and O–H groups in total. The number of aliphatic hydroxyl groups excluding tert-OH is 2. The summed E-state index contributed by atoms with van der Waals surface area (Å²) >= 11 is 0. The molecule has 0 aromatic heterocycles. The van der Waals surface area contributed by atoms with Crippen molar-refractivity contribution < 1.29 is 75.8 Å². The molecular weight excluding hydrogens is 1310 g/mol. The summed E-state index contributed by atoms with van der Waals surface area (Å²) in [4.78, 5) is 58.6. The second-order valence-corrected chi connectivity index (χ2v) is 28.0. The number of hydrogen-bond donors (Lipinski definition) is 4. The van der Waals surface area contributed by atoms with E-state index >= 15 is 0 Å². The second-order valence-electron chi connectivity index (χ2n) is 25.1. The quantitative estimate of drug-likeness (QED) is 0.0146. The molecule has 0 bridgehead atoms. The van der Waals surface area contributed by atoms with Crippen LogP contribution in [0.1, 0.15) is 278 Å². The lowest BCUT2D eigenvalue weighted by molar-refractivity contribution is -0.161.